The normalized spacial score (nSPS) is 12.8. The molecule has 2 heterocycles. The number of fused-ring (bicyclic) bond motifs is 1. The molecule has 1 aromatic heterocycles. The molecule has 142 valence electrons. The van der Waals surface area contributed by atoms with Gasteiger partial charge in [-0.15, -0.1) is 12.4 Å². The average Bonchev–Trinajstić information content (AvgIpc) is 2.87. The Morgan fingerprint density at radius 2 is 2.15 bits per heavy atom. The summed E-state index contributed by atoms with van der Waals surface area (Å²) < 4.78 is 12.9. The summed E-state index contributed by atoms with van der Waals surface area (Å²) in [6.07, 6.45) is 1.29. The fraction of sp³-hybridized carbons (Fsp3) is 0.444. The van der Waals surface area contributed by atoms with E-state index in [-0.39, 0.29) is 18.3 Å². The van der Waals surface area contributed by atoms with E-state index >= 15 is 0 Å². The van der Waals surface area contributed by atoms with Gasteiger partial charge in [-0.25, -0.2) is 4.68 Å². The zero-order valence-corrected chi connectivity index (χ0v) is 16.1. The van der Waals surface area contributed by atoms with Gasteiger partial charge in [0.2, 0.25) is 11.8 Å². The summed E-state index contributed by atoms with van der Waals surface area (Å²) in [5.74, 6) is 1.68. The van der Waals surface area contributed by atoms with Gasteiger partial charge in [0, 0.05) is 32.2 Å². The van der Waals surface area contributed by atoms with Gasteiger partial charge >= 0.3 is 0 Å². The average molecular weight is 381 g/mol. The summed E-state index contributed by atoms with van der Waals surface area (Å²) in [5, 5.41) is 10.6. The number of methoxy groups -OCH3 is 1. The van der Waals surface area contributed by atoms with Gasteiger partial charge in [0.25, 0.3) is 0 Å². The predicted molar refractivity (Wildman–Crippen MR) is 102 cm³/mol. The lowest BCUT2D eigenvalue weighted by atomic mass is 10.0. The Labute approximate surface area is 159 Å². The van der Waals surface area contributed by atoms with E-state index in [4.69, 9.17) is 9.47 Å². The Hall–Kier alpha value is -2.25. The molecule has 2 aromatic rings. The smallest absolute Gasteiger partial charge is 0.224 e. The second-order valence-corrected chi connectivity index (χ2v) is 6.09. The van der Waals surface area contributed by atoms with Gasteiger partial charge in [0.05, 0.1) is 18.4 Å². The fourth-order valence-corrected chi connectivity index (χ4v) is 3.04. The minimum absolute atomic E-state index is 0. The van der Waals surface area contributed by atoms with Gasteiger partial charge in [0.1, 0.15) is 12.4 Å². The Balaban J connectivity index is 0.00000243. The summed E-state index contributed by atoms with van der Waals surface area (Å²) in [7, 11) is 3.53. The molecule has 1 aliphatic heterocycles. The number of aromatic nitrogens is 2. The second-order valence-electron chi connectivity index (χ2n) is 6.09. The van der Waals surface area contributed by atoms with Crippen molar-refractivity contribution in [2.24, 2.45) is 7.05 Å². The van der Waals surface area contributed by atoms with Crippen molar-refractivity contribution < 1.29 is 14.3 Å². The highest BCUT2D eigenvalue weighted by Crippen LogP contribution is 2.26. The third kappa shape index (κ3) is 4.47. The van der Waals surface area contributed by atoms with Crippen LogP contribution >= 0.6 is 12.4 Å². The van der Waals surface area contributed by atoms with E-state index in [2.05, 4.69) is 15.7 Å². The van der Waals surface area contributed by atoms with E-state index in [1.54, 1.807) is 11.8 Å². The van der Waals surface area contributed by atoms with Crippen molar-refractivity contribution in [3.63, 3.8) is 0 Å². The van der Waals surface area contributed by atoms with Crippen molar-refractivity contribution in [1.29, 1.82) is 0 Å². The minimum atomic E-state index is 0. The molecule has 8 heteroatoms. The van der Waals surface area contributed by atoms with Crippen LogP contribution in [-0.4, -0.2) is 35.9 Å². The standard InChI is InChI=1S/C18H24N4O3.ClH/c1-12-15(18(24-3)22(2)21-12)11-19-8-9-25-14-5-6-16-13(10-14)4-7-17(23)20-16;/h5-6,10,19H,4,7-9,11H2,1-3H3,(H,20,23);1H. The molecular formula is C18H25ClN4O3. The maximum absolute atomic E-state index is 11.4. The Bertz CT molecular complexity index is 776. The lowest BCUT2D eigenvalue weighted by molar-refractivity contribution is -0.116. The van der Waals surface area contributed by atoms with Crippen LogP contribution in [0.1, 0.15) is 23.2 Å². The number of carbonyl (C=O) groups excluding carboxylic acids is 1. The van der Waals surface area contributed by atoms with Gasteiger partial charge in [-0.05, 0) is 37.1 Å². The first-order valence-corrected chi connectivity index (χ1v) is 8.41. The van der Waals surface area contributed by atoms with Gasteiger partial charge in [0.15, 0.2) is 0 Å². The number of hydrogen-bond donors (Lipinski definition) is 2. The highest BCUT2D eigenvalue weighted by Gasteiger charge is 2.15. The number of nitrogens with zero attached hydrogens (tertiary/aromatic N) is 2. The first kappa shape index (κ1) is 20.1. The maximum atomic E-state index is 11.4. The molecular weight excluding hydrogens is 356 g/mol. The van der Waals surface area contributed by atoms with E-state index in [1.807, 2.05) is 32.2 Å². The molecule has 0 saturated carbocycles. The van der Waals surface area contributed by atoms with E-state index in [1.165, 1.54) is 0 Å². The van der Waals surface area contributed by atoms with Crippen LogP contribution in [0, 0.1) is 6.92 Å². The molecule has 1 amide bonds. The molecule has 26 heavy (non-hydrogen) atoms. The summed E-state index contributed by atoms with van der Waals surface area (Å²) in [6.45, 7) is 3.93. The summed E-state index contributed by atoms with van der Waals surface area (Å²) in [4.78, 5) is 11.4. The van der Waals surface area contributed by atoms with Crippen molar-refractivity contribution in [2.45, 2.75) is 26.3 Å². The zero-order chi connectivity index (χ0) is 17.8. The van der Waals surface area contributed by atoms with Gasteiger partial charge in [-0.2, -0.15) is 5.10 Å². The molecule has 0 unspecified atom stereocenters. The number of halogens is 1. The van der Waals surface area contributed by atoms with Crippen LogP contribution in [0.3, 0.4) is 0 Å². The highest BCUT2D eigenvalue weighted by molar-refractivity contribution is 5.94. The van der Waals surface area contributed by atoms with Crippen LogP contribution in [0.2, 0.25) is 0 Å². The number of amides is 1. The SMILES string of the molecule is COc1c(CNCCOc2ccc3c(c2)CCC(=O)N3)c(C)nn1C.Cl. The van der Waals surface area contributed by atoms with Crippen LogP contribution in [-0.2, 0) is 24.8 Å². The minimum Gasteiger partial charge on any atom is -0.492 e. The number of ether oxygens (including phenoxy) is 2. The van der Waals surface area contributed by atoms with Crippen molar-refractivity contribution in [1.82, 2.24) is 15.1 Å². The number of carbonyl (C=O) groups is 1. The molecule has 0 spiro atoms. The molecule has 0 atom stereocenters. The van der Waals surface area contributed by atoms with Crippen molar-refractivity contribution in [3.8, 4) is 11.6 Å². The lowest BCUT2D eigenvalue weighted by Gasteiger charge is -2.17. The number of aryl methyl sites for hydroxylation is 3. The molecule has 0 saturated heterocycles. The highest BCUT2D eigenvalue weighted by atomic mass is 35.5. The molecule has 0 radical (unpaired) electrons. The van der Waals surface area contributed by atoms with E-state index in [0.29, 0.717) is 26.1 Å². The largest absolute Gasteiger partial charge is 0.492 e. The predicted octanol–water partition coefficient (Wildman–Crippen LogP) is 2.21. The third-order valence-electron chi connectivity index (χ3n) is 4.30. The van der Waals surface area contributed by atoms with Gasteiger partial charge in [-0.3, -0.25) is 4.79 Å². The van der Waals surface area contributed by atoms with Crippen molar-refractivity contribution >= 4 is 24.0 Å². The van der Waals surface area contributed by atoms with Crippen molar-refractivity contribution in [2.75, 3.05) is 25.6 Å². The van der Waals surface area contributed by atoms with Gasteiger partial charge < -0.3 is 20.1 Å². The number of anilines is 1. The number of hydrogen-bond acceptors (Lipinski definition) is 5. The maximum Gasteiger partial charge on any atom is 0.224 e. The molecule has 1 aliphatic rings. The summed E-state index contributed by atoms with van der Waals surface area (Å²) in [6, 6.07) is 5.79. The number of benzene rings is 1. The van der Waals surface area contributed by atoms with Crippen LogP contribution < -0.4 is 20.1 Å². The molecule has 2 N–H and O–H groups in total. The molecule has 0 aliphatic carbocycles. The Morgan fingerprint density at radius 3 is 2.92 bits per heavy atom. The van der Waals surface area contributed by atoms with Crippen LogP contribution in [0.5, 0.6) is 11.6 Å². The molecule has 0 fully saturated rings. The Kier molecular flexibility index (Phi) is 6.88. The number of nitrogens with one attached hydrogen (secondary N) is 2. The van der Waals surface area contributed by atoms with Crippen LogP contribution in [0.4, 0.5) is 5.69 Å². The second kappa shape index (κ2) is 8.91. The monoisotopic (exact) mass is 380 g/mol. The molecule has 1 aromatic carbocycles. The third-order valence-corrected chi connectivity index (χ3v) is 4.30. The fourth-order valence-electron chi connectivity index (χ4n) is 3.04. The number of rotatable bonds is 7. The van der Waals surface area contributed by atoms with Crippen LogP contribution in [0.25, 0.3) is 0 Å². The van der Waals surface area contributed by atoms with Crippen molar-refractivity contribution in [3.05, 3.63) is 35.0 Å². The first-order valence-electron chi connectivity index (χ1n) is 8.41. The first-order chi connectivity index (χ1) is 12.1. The molecule has 3 rings (SSSR count). The van der Waals surface area contributed by atoms with Gasteiger partial charge in [-0.1, -0.05) is 0 Å². The van der Waals surface area contributed by atoms with E-state index in [9.17, 15) is 4.79 Å². The molecule has 0 bridgehead atoms. The van der Waals surface area contributed by atoms with E-state index in [0.717, 1.165) is 40.6 Å². The van der Waals surface area contributed by atoms with E-state index < -0.39 is 0 Å². The summed E-state index contributed by atoms with van der Waals surface area (Å²) >= 11 is 0. The topological polar surface area (TPSA) is 77.4 Å². The zero-order valence-electron chi connectivity index (χ0n) is 15.3. The molecule has 7 nitrogen and oxygen atoms in total. The lowest BCUT2D eigenvalue weighted by Crippen LogP contribution is -2.21. The Morgan fingerprint density at radius 1 is 1.35 bits per heavy atom. The van der Waals surface area contributed by atoms with Crippen LogP contribution in [0.15, 0.2) is 18.2 Å². The summed E-state index contributed by atoms with van der Waals surface area (Å²) in [5.41, 5.74) is 4.04. The quantitative estimate of drug-likeness (QED) is 0.720.